The van der Waals surface area contributed by atoms with E-state index in [1.807, 2.05) is 6.07 Å². The Hall–Kier alpha value is -0.770. The number of rotatable bonds is 5. The minimum absolute atomic E-state index is 0.00961. The maximum atomic E-state index is 13.8. The molecule has 0 bridgehead atoms. The second kappa shape index (κ2) is 7.13. The molecule has 0 saturated carbocycles. The van der Waals surface area contributed by atoms with Gasteiger partial charge in [-0.1, -0.05) is 29.3 Å². The van der Waals surface area contributed by atoms with Gasteiger partial charge in [0, 0.05) is 17.6 Å². The fraction of sp³-hybridized carbons (Fsp3) is 0.429. The number of benzene rings is 1. The largest absolute Gasteiger partial charge is 0.485 e. The summed E-state index contributed by atoms with van der Waals surface area (Å²) in [6, 6.07) is 4.86. The number of ether oxygens (including phenoxy) is 1. The van der Waals surface area contributed by atoms with Crippen LogP contribution in [-0.4, -0.2) is 12.1 Å². The molecule has 0 saturated heterocycles. The Morgan fingerprint density at radius 1 is 1.42 bits per heavy atom. The zero-order chi connectivity index (χ0) is 14.5. The van der Waals surface area contributed by atoms with E-state index in [4.69, 9.17) is 27.9 Å². The van der Waals surface area contributed by atoms with Crippen molar-refractivity contribution in [1.29, 1.82) is 0 Å². The normalized spacial score (nSPS) is 12.6. The summed E-state index contributed by atoms with van der Waals surface area (Å²) in [6.07, 6.45) is 0. The third-order valence-electron chi connectivity index (χ3n) is 2.30. The zero-order valence-electron chi connectivity index (χ0n) is 11.3. The molecule has 0 aliphatic heterocycles. The standard InChI is InChI=1S/C14H18Cl2FNO/c1-14(2,3)18-8-10-4-5-13(12(17)6-10)19-9-11(16)7-15/h4-7,18H,8-9H2,1-3H3/b11-7-. The molecule has 5 heteroatoms. The third-order valence-corrected chi connectivity index (χ3v) is 2.90. The van der Waals surface area contributed by atoms with Crippen LogP contribution in [0.5, 0.6) is 5.75 Å². The molecule has 1 rings (SSSR count). The summed E-state index contributed by atoms with van der Waals surface area (Å²) in [7, 11) is 0. The molecule has 0 radical (unpaired) electrons. The first-order chi connectivity index (χ1) is 8.81. The molecule has 0 atom stereocenters. The summed E-state index contributed by atoms with van der Waals surface area (Å²) >= 11 is 11.1. The fourth-order valence-electron chi connectivity index (χ4n) is 1.32. The van der Waals surface area contributed by atoms with E-state index in [2.05, 4.69) is 26.1 Å². The number of hydrogen-bond acceptors (Lipinski definition) is 2. The van der Waals surface area contributed by atoms with Gasteiger partial charge in [-0.25, -0.2) is 4.39 Å². The lowest BCUT2D eigenvalue weighted by molar-refractivity contribution is 0.338. The van der Waals surface area contributed by atoms with Crippen molar-refractivity contribution in [2.24, 2.45) is 0 Å². The molecule has 2 nitrogen and oxygen atoms in total. The van der Waals surface area contributed by atoms with E-state index >= 15 is 0 Å². The van der Waals surface area contributed by atoms with E-state index in [-0.39, 0.29) is 17.9 Å². The van der Waals surface area contributed by atoms with Gasteiger partial charge in [-0.05, 0) is 38.5 Å². The van der Waals surface area contributed by atoms with Crippen molar-refractivity contribution >= 4 is 23.2 Å². The van der Waals surface area contributed by atoms with Gasteiger partial charge in [0.05, 0.1) is 5.03 Å². The van der Waals surface area contributed by atoms with Gasteiger partial charge in [0.25, 0.3) is 0 Å². The lowest BCUT2D eigenvalue weighted by Gasteiger charge is -2.20. The van der Waals surface area contributed by atoms with Gasteiger partial charge in [-0.15, -0.1) is 0 Å². The predicted molar refractivity (Wildman–Crippen MR) is 78.3 cm³/mol. The van der Waals surface area contributed by atoms with E-state index in [1.165, 1.54) is 11.6 Å². The fourth-order valence-corrected chi connectivity index (χ4v) is 1.43. The van der Waals surface area contributed by atoms with E-state index in [9.17, 15) is 4.39 Å². The maximum absolute atomic E-state index is 13.8. The molecule has 0 unspecified atom stereocenters. The van der Waals surface area contributed by atoms with Crippen molar-refractivity contribution in [1.82, 2.24) is 5.32 Å². The Balaban J connectivity index is 2.64. The van der Waals surface area contributed by atoms with Crippen LogP contribution in [0, 0.1) is 5.82 Å². The van der Waals surface area contributed by atoms with E-state index in [0.29, 0.717) is 11.6 Å². The van der Waals surface area contributed by atoms with Crippen LogP contribution in [-0.2, 0) is 6.54 Å². The van der Waals surface area contributed by atoms with Crippen molar-refractivity contribution in [3.05, 3.63) is 40.1 Å². The van der Waals surface area contributed by atoms with E-state index < -0.39 is 5.82 Å². The van der Waals surface area contributed by atoms with Crippen LogP contribution in [0.1, 0.15) is 26.3 Å². The van der Waals surface area contributed by atoms with Crippen LogP contribution in [0.15, 0.2) is 28.8 Å². The Morgan fingerprint density at radius 2 is 2.11 bits per heavy atom. The summed E-state index contributed by atoms with van der Waals surface area (Å²) in [5, 5.41) is 3.61. The Bertz CT molecular complexity index is 455. The molecule has 0 heterocycles. The molecule has 0 amide bonds. The van der Waals surface area contributed by atoms with Gasteiger partial charge in [0.2, 0.25) is 0 Å². The van der Waals surface area contributed by atoms with E-state index in [1.54, 1.807) is 6.07 Å². The average Bonchev–Trinajstić information content (AvgIpc) is 2.34. The third kappa shape index (κ3) is 6.28. The minimum atomic E-state index is -0.410. The Labute approximate surface area is 123 Å². The molecule has 19 heavy (non-hydrogen) atoms. The molecular formula is C14H18Cl2FNO. The molecule has 0 spiro atoms. The topological polar surface area (TPSA) is 21.3 Å². The van der Waals surface area contributed by atoms with Crippen molar-refractivity contribution < 1.29 is 9.13 Å². The summed E-state index contributed by atoms with van der Waals surface area (Å²) < 4.78 is 19.0. The molecule has 1 aromatic carbocycles. The number of halogens is 3. The van der Waals surface area contributed by atoms with Crippen molar-refractivity contribution in [3.63, 3.8) is 0 Å². The molecule has 106 valence electrons. The second-order valence-electron chi connectivity index (χ2n) is 5.21. The highest BCUT2D eigenvalue weighted by Crippen LogP contribution is 2.20. The van der Waals surface area contributed by atoms with Crippen LogP contribution in [0.3, 0.4) is 0 Å². The lowest BCUT2D eigenvalue weighted by atomic mass is 10.1. The van der Waals surface area contributed by atoms with Gasteiger partial charge in [-0.3, -0.25) is 0 Å². The number of nitrogens with one attached hydrogen (secondary N) is 1. The predicted octanol–water partition coefficient (Wildman–Crippen LogP) is 4.41. The lowest BCUT2D eigenvalue weighted by Crippen LogP contribution is -2.35. The molecule has 1 aromatic rings. The van der Waals surface area contributed by atoms with Crippen LogP contribution < -0.4 is 10.1 Å². The Morgan fingerprint density at radius 3 is 2.63 bits per heavy atom. The SMILES string of the molecule is CC(C)(C)NCc1ccc(OC/C(Cl)=C/Cl)c(F)c1. The smallest absolute Gasteiger partial charge is 0.165 e. The van der Waals surface area contributed by atoms with Crippen molar-refractivity contribution in [2.45, 2.75) is 32.9 Å². The van der Waals surface area contributed by atoms with Gasteiger partial charge < -0.3 is 10.1 Å². The Kier molecular flexibility index (Phi) is 6.11. The molecule has 1 N–H and O–H groups in total. The van der Waals surface area contributed by atoms with Gasteiger partial charge in [0.1, 0.15) is 6.61 Å². The van der Waals surface area contributed by atoms with Crippen LogP contribution >= 0.6 is 23.2 Å². The quantitative estimate of drug-likeness (QED) is 0.870. The zero-order valence-corrected chi connectivity index (χ0v) is 12.8. The minimum Gasteiger partial charge on any atom is -0.485 e. The van der Waals surface area contributed by atoms with E-state index in [0.717, 1.165) is 5.56 Å². The highest BCUT2D eigenvalue weighted by molar-refractivity contribution is 6.36. The van der Waals surface area contributed by atoms with Crippen LogP contribution in [0.4, 0.5) is 4.39 Å². The van der Waals surface area contributed by atoms with Crippen LogP contribution in [0.2, 0.25) is 0 Å². The van der Waals surface area contributed by atoms with Crippen molar-refractivity contribution in [3.8, 4) is 5.75 Å². The van der Waals surface area contributed by atoms with Crippen LogP contribution in [0.25, 0.3) is 0 Å². The molecule has 0 aliphatic rings. The first kappa shape index (κ1) is 16.3. The first-order valence-electron chi connectivity index (χ1n) is 5.93. The monoisotopic (exact) mass is 305 g/mol. The van der Waals surface area contributed by atoms with Gasteiger partial charge in [0.15, 0.2) is 11.6 Å². The highest BCUT2D eigenvalue weighted by Gasteiger charge is 2.10. The summed E-state index contributed by atoms with van der Waals surface area (Å²) in [6.45, 7) is 6.83. The molecule has 0 aliphatic carbocycles. The highest BCUT2D eigenvalue weighted by atomic mass is 35.5. The second-order valence-corrected chi connectivity index (χ2v) is 5.92. The maximum Gasteiger partial charge on any atom is 0.165 e. The summed E-state index contributed by atoms with van der Waals surface area (Å²) in [5.41, 5.74) is 2.05. The summed E-state index contributed by atoms with van der Waals surface area (Å²) in [4.78, 5) is 0. The first-order valence-corrected chi connectivity index (χ1v) is 6.74. The summed E-state index contributed by atoms with van der Waals surface area (Å²) in [5.74, 6) is -0.247. The average molecular weight is 306 g/mol. The molecule has 0 fully saturated rings. The van der Waals surface area contributed by atoms with Crippen molar-refractivity contribution in [2.75, 3.05) is 6.61 Å². The van der Waals surface area contributed by atoms with Gasteiger partial charge in [-0.2, -0.15) is 0 Å². The van der Waals surface area contributed by atoms with Gasteiger partial charge >= 0.3 is 0 Å². The molecular weight excluding hydrogens is 288 g/mol. The number of hydrogen-bond donors (Lipinski definition) is 1. The molecule has 0 aromatic heterocycles.